The highest BCUT2D eigenvalue weighted by molar-refractivity contribution is 7.14. The highest BCUT2D eigenvalue weighted by atomic mass is 32.1. The molecule has 0 spiro atoms. The lowest BCUT2D eigenvalue weighted by atomic mass is 10.0. The van der Waals surface area contributed by atoms with Crippen molar-refractivity contribution in [1.82, 2.24) is 15.3 Å². The molecule has 2 aromatic heterocycles. The van der Waals surface area contributed by atoms with E-state index in [2.05, 4.69) is 20.6 Å². The van der Waals surface area contributed by atoms with Crippen molar-refractivity contribution in [3.05, 3.63) is 77.9 Å². The molecule has 0 saturated carbocycles. The van der Waals surface area contributed by atoms with Crippen molar-refractivity contribution in [3.8, 4) is 11.3 Å². The van der Waals surface area contributed by atoms with Crippen molar-refractivity contribution < 1.29 is 9.59 Å². The molecule has 4 aromatic rings. The number of nitrogens with one attached hydrogen (secondary N) is 2. The van der Waals surface area contributed by atoms with Gasteiger partial charge < -0.3 is 10.6 Å². The Morgan fingerprint density at radius 3 is 2.59 bits per heavy atom. The Morgan fingerprint density at radius 1 is 0.931 bits per heavy atom. The molecule has 0 aliphatic heterocycles. The van der Waals surface area contributed by atoms with Crippen LogP contribution in [0.4, 0.5) is 5.13 Å². The fourth-order valence-electron chi connectivity index (χ4n) is 3.01. The highest BCUT2D eigenvalue weighted by Crippen LogP contribution is 2.24. The van der Waals surface area contributed by atoms with Crippen molar-refractivity contribution in [2.24, 2.45) is 0 Å². The molecular formula is C22H18N4O2S. The van der Waals surface area contributed by atoms with Gasteiger partial charge in [0.25, 0.3) is 0 Å². The monoisotopic (exact) mass is 402 g/mol. The average molecular weight is 402 g/mol. The van der Waals surface area contributed by atoms with E-state index in [-0.39, 0.29) is 24.8 Å². The van der Waals surface area contributed by atoms with Crippen LogP contribution in [-0.2, 0) is 16.0 Å². The zero-order valence-corrected chi connectivity index (χ0v) is 16.3. The first-order chi connectivity index (χ1) is 14.2. The predicted octanol–water partition coefficient (Wildman–Crippen LogP) is 3.66. The average Bonchev–Trinajstić information content (AvgIpc) is 3.22. The van der Waals surface area contributed by atoms with E-state index in [1.165, 1.54) is 11.3 Å². The molecule has 29 heavy (non-hydrogen) atoms. The maximum absolute atomic E-state index is 12.3. The number of nitrogens with zero attached hydrogens (tertiary/aromatic N) is 2. The van der Waals surface area contributed by atoms with Crippen LogP contribution in [0.25, 0.3) is 22.0 Å². The second-order valence-corrected chi connectivity index (χ2v) is 7.27. The highest BCUT2D eigenvalue weighted by Gasteiger charge is 2.11. The van der Waals surface area contributed by atoms with Gasteiger partial charge in [-0.2, -0.15) is 0 Å². The van der Waals surface area contributed by atoms with Gasteiger partial charge in [-0.25, -0.2) is 4.98 Å². The third kappa shape index (κ3) is 4.64. The number of anilines is 1. The molecule has 0 saturated heterocycles. The van der Waals surface area contributed by atoms with Crippen LogP contribution in [0.5, 0.6) is 0 Å². The topological polar surface area (TPSA) is 84.0 Å². The smallest absolute Gasteiger partial charge is 0.245 e. The summed E-state index contributed by atoms with van der Waals surface area (Å²) >= 11 is 1.33. The van der Waals surface area contributed by atoms with Crippen LogP contribution in [0.15, 0.2) is 72.4 Å². The minimum Gasteiger partial charge on any atom is -0.347 e. The Bertz CT molecular complexity index is 1150. The van der Waals surface area contributed by atoms with Crippen molar-refractivity contribution in [1.29, 1.82) is 0 Å². The van der Waals surface area contributed by atoms with E-state index in [1.807, 2.05) is 60.0 Å². The van der Waals surface area contributed by atoms with Crippen LogP contribution in [-0.4, -0.2) is 28.3 Å². The zero-order valence-electron chi connectivity index (χ0n) is 15.5. The molecule has 4 rings (SSSR count). The third-order valence-corrected chi connectivity index (χ3v) is 5.16. The van der Waals surface area contributed by atoms with E-state index >= 15 is 0 Å². The summed E-state index contributed by atoms with van der Waals surface area (Å²) in [5.74, 6) is -0.514. The van der Waals surface area contributed by atoms with Crippen LogP contribution in [0.3, 0.4) is 0 Å². The molecule has 0 bridgehead atoms. The molecule has 0 fully saturated rings. The number of amides is 2. The lowest BCUT2D eigenvalue weighted by molar-refractivity contribution is -0.123. The van der Waals surface area contributed by atoms with Gasteiger partial charge in [0.15, 0.2) is 5.13 Å². The Hall–Kier alpha value is -3.58. The summed E-state index contributed by atoms with van der Waals surface area (Å²) in [4.78, 5) is 32.8. The van der Waals surface area contributed by atoms with Crippen molar-refractivity contribution in [2.45, 2.75) is 6.42 Å². The molecule has 0 unspecified atom stereocenters. The molecule has 144 valence electrons. The lowest BCUT2D eigenvalue weighted by Crippen LogP contribution is -2.33. The second-order valence-electron chi connectivity index (χ2n) is 6.41. The predicted molar refractivity (Wildman–Crippen MR) is 115 cm³/mol. The maximum Gasteiger partial charge on any atom is 0.245 e. The summed E-state index contributed by atoms with van der Waals surface area (Å²) in [5.41, 5.74) is 2.63. The first kappa shape index (κ1) is 18.8. The molecule has 0 aliphatic rings. The molecule has 2 heterocycles. The largest absolute Gasteiger partial charge is 0.347 e. The van der Waals surface area contributed by atoms with Crippen LogP contribution < -0.4 is 10.6 Å². The van der Waals surface area contributed by atoms with Crippen LogP contribution in [0.2, 0.25) is 0 Å². The standard InChI is InChI=1S/C22H18N4O2S/c27-20(12-17-6-3-5-15-4-1-2-7-18(15)17)24-13-21(28)26-22-25-19(14-29-22)16-8-10-23-11-9-16/h1-11,14H,12-13H2,(H,24,27)(H,25,26,28). The van der Waals surface area contributed by atoms with Crippen molar-refractivity contribution in [3.63, 3.8) is 0 Å². The van der Waals surface area contributed by atoms with Crippen molar-refractivity contribution in [2.75, 3.05) is 11.9 Å². The summed E-state index contributed by atoms with van der Waals surface area (Å²) in [7, 11) is 0. The Balaban J connectivity index is 1.31. The van der Waals surface area contributed by atoms with E-state index in [4.69, 9.17) is 0 Å². The van der Waals surface area contributed by atoms with E-state index in [1.54, 1.807) is 12.4 Å². The van der Waals surface area contributed by atoms with Gasteiger partial charge in [0.2, 0.25) is 11.8 Å². The fourth-order valence-corrected chi connectivity index (χ4v) is 3.75. The van der Waals surface area contributed by atoms with Gasteiger partial charge in [0.05, 0.1) is 18.7 Å². The van der Waals surface area contributed by atoms with E-state index in [0.29, 0.717) is 5.13 Å². The number of hydrogen-bond acceptors (Lipinski definition) is 5. The Labute approximate surface area is 171 Å². The first-order valence-corrected chi connectivity index (χ1v) is 9.96. The Kier molecular flexibility index (Phi) is 5.58. The van der Waals surface area contributed by atoms with Gasteiger partial charge in [-0.3, -0.25) is 14.6 Å². The normalized spacial score (nSPS) is 10.6. The molecule has 0 atom stereocenters. The molecular weight excluding hydrogens is 384 g/mol. The summed E-state index contributed by atoms with van der Waals surface area (Å²) in [5, 5.41) is 9.88. The van der Waals surface area contributed by atoms with Gasteiger partial charge >= 0.3 is 0 Å². The first-order valence-electron chi connectivity index (χ1n) is 9.08. The van der Waals surface area contributed by atoms with E-state index < -0.39 is 0 Å². The molecule has 6 nitrogen and oxygen atoms in total. The van der Waals surface area contributed by atoms with Crippen molar-refractivity contribution >= 4 is 39.1 Å². The number of fused-ring (bicyclic) bond motifs is 1. The van der Waals surface area contributed by atoms with Crippen LogP contribution in [0.1, 0.15) is 5.56 Å². The fraction of sp³-hybridized carbons (Fsp3) is 0.0909. The molecule has 0 aliphatic carbocycles. The number of carbonyl (C=O) groups is 2. The SMILES string of the molecule is O=C(Cc1cccc2ccccc12)NCC(=O)Nc1nc(-c2ccncc2)cs1. The zero-order chi connectivity index (χ0) is 20.1. The van der Waals surface area contributed by atoms with Gasteiger partial charge in [-0.15, -0.1) is 11.3 Å². The number of aromatic nitrogens is 2. The number of thiazole rings is 1. The number of carbonyl (C=O) groups excluding carboxylic acids is 2. The number of hydrogen-bond donors (Lipinski definition) is 2. The molecule has 0 radical (unpaired) electrons. The molecule has 2 amide bonds. The quantitative estimate of drug-likeness (QED) is 0.516. The maximum atomic E-state index is 12.3. The minimum absolute atomic E-state index is 0.103. The number of rotatable bonds is 6. The lowest BCUT2D eigenvalue weighted by Gasteiger charge is -2.08. The summed E-state index contributed by atoms with van der Waals surface area (Å²) in [6.07, 6.45) is 3.61. The van der Waals surface area contributed by atoms with E-state index in [9.17, 15) is 9.59 Å². The number of pyridine rings is 1. The molecule has 2 N–H and O–H groups in total. The van der Waals surface area contributed by atoms with E-state index in [0.717, 1.165) is 27.6 Å². The number of benzene rings is 2. The summed E-state index contributed by atoms with van der Waals surface area (Å²) in [6.45, 7) is -0.103. The molecule has 2 aromatic carbocycles. The second kappa shape index (κ2) is 8.62. The van der Waals surface area contributed by atoms with Crippen LogP contribution >= 0.6 is 11.3 Å². The summed E-state index contributed by atoms with van der Waals surface area (Å²) < 4.78 is 0. The molecule has 7 heteroatoms. The van der Waals surface area contributed by atoms with Gasteiger partial charge in [-0.1, -0.05) is 42.5 Å². The summed E-state index contributed by atoms with van der Waals surface area (Å²) in [6, 6.07) is 17.5. The third-order valence-electron chi connectivity index (χ3n) is 4.40. The van der Waals surface area contributed by atoms with Gasteiger partial charge in [0.1, 0.15) is 0 Å². The van der Waals surface area contributed by atoms with Gasteiger partial charge in [-0.05, 0) is 28.5 Å². The minimum atomic E-state index is -0.313. The van der Waals surface area contributed by atoms with Gasteiger partial charge in [0, 0.05) is 23.3 Å². The Morgan fingerprint density at radius 2 is 1.72 bits per heavy atom. The van der Waals surface area contributed by atoms with Crippen LogP contribution in [0, 0.1) is 0 Å².